The first-order chi connectivity index (χ1) is 14.8. The molecule has 3 N–H and O–H groups in total. The van der Waals surface area contributed by atoms with Gasteiger partial charge in [-0.15, -0.1) is 0 Å². The Morgan fingerprint density at radius 1 is 1.10 bits per heavy atom. The molecule has 0 bridgehead atoms. The first-order valence-corrected chi connectivity index (χ1v) is 9.71. The number of carboxylic acid groups (broad SMARTS) is 1. The average Bonchev–Trinajstić information content (AvgIpc) is 3.08. The smallest absolute Gasteiger partial charge is 0.330 e. The van der Waals surface area contributed by atoms with Crippen LogP contribution >= 0.6 is 0 Å². The third-order valence-electron chi connectivity index (χ3n) is 5.45. The van der Waals surface area contributed by atoms with Crippen molar-refractivity contribution in [3.05, 3.63) is 70.8 Å². The number of benzene rings is 2. The monoisotopic (exact) mass is 421 g/mol. The number of aliphatic carboxylic acids is 1. The highest BCUT2D eigenvalue weighted by atomic mass is 16.4. The molecular weight excluding hydrogens is 402 g/mol. The van der Waals surface area contributed by atoms with E-state index in [2.05, 4.69) is 10.6 Å². The summed E-state index contributed by atoms with van der Waals surface area (Å²) in [4.78, 5) is 62.1. The van der Waals surface area contributed by atoms with E-state index in [1.807, 2.05) is 0 Å². The van der Waals surface area contributed by atoms with Gasteiger partial charge in [-0.1, -0.05) is 36.4 Å². The molecule has 1 fully saturated rings. The molecule has 31 heavy (non-hydrogen) atoms. The fourth-order valence-electron chi connectivity index (χ4n) is 3.84. The van der Waals surface area contributed by atoms with E-state index in [1.165, 1.54) is 17.0 Å². The number of carbonyl (C=O) groups excluding carboxylic acids is 4. The highest BCUT2D eigenvalue weighted by molar-refractivity contribution is 6.07. The van der Waals surface area contributed by atoms with Crippen LogP contribution in [0, 0.1) is 0 Å². The second kappa shape index (κ2) is 8.02. The van der Waals surface area contributed by atoms with Crippen LogP contribution in [0.15, 0.2) is 48.5 Å². The highest BCUT2D eigenvalue weighted by Gasteiger charge is 2.39. The number of hydrogen-bond acceptors (Lipinski definition) is 5. The van der Waals surface area contributed by atoms with E-state index in [1.54, 1.807) is 36.4 Å². The molecular formula is C22H19N3O6. The van der Waals surface area contributed by atoms with Crippen LogP contribution in [0.4, 0.5) is 0 Å². The Morgan fingerprint density at radius 2 is 1.84 bits per heavy atom. The Morgan fingerprint density at radius 3 is 2.52 bits per heavy atom. The van der Waals surface area contributed by atoms with Crippen molar-refractivity contribution in [3.8, 4) is 0 Å². The number of imide groups is 1. The summed E-state index contributed by atoms with van der Waals surface area (Å²) in [5.41, 5.74) is 1.50. The minimum atomic E-state index is -1.24. The van der Waals surface area contributed by atoms with Gasteiger partial charge in [0.1, 0.15) is 6.04 Å². The minimum absolute atomic E-state index is 0.138. The van der Waals surface area contributed by atoms with Crippen LogP contribution in [0.3, 0.4) is 0 Å². The largest absolute Gasteiger partial charge is 0.479 e. The van der Waals surface area contributed by atoms with Gasteiger partial charge in [0.15, 0.2) is 6.04 Å². The third-order valence-corrected chi connectivity index (χ3v) is 5.45. The van der Waals surface area contributed by atoms with E-state index in [-0.39, 0.29) is 36.4 Å². The Bertz CT molecular complexity index is 1100. The van der Waals surface area contributed by atoms with Crippen LogP contribution in [0.25, 0.3) is 0 Å². The summed E-state index contributed by atoms with van der Waals surface area (Å²) in [6.07, 6.45) is 0.398. The first kappa shape index (κ1) is 20.3. The predicted octanol–water partition coefficient (Wildman–Crippen LogP) is 1.00. The average molecular weight is 421 g/mol. The quantitative estimate of drug-likeness (QED) is 0.617. The second-order valence-electron chi connectivity index (χ2n) is 7.43. The number of piperidine rings is 1. The zero-order chi connectivity index (χ0) is 22.1. The van der Waals surface area contributed by atoms with Crippen LogP contribution in [-0.4, -0.2) is 45.6 Å². The van der Waals surface area contributed by atoms with E-state index >= 15 is 0 Å². The molecule has 2 heterocycles. The number of carbonyl (C=O) groups is 5. The van der Waals surface area contributed by atoms with Gasteiger partial charge in [0.05, 0.1) is 0 Å². The van der Waals surface area contributed by atoms with Gasteiger partial charge in [-0.2, -0.15) is 0 Å². The Kier molecular flexibility index (Phi) is 5.24. The molecule has 2 aromatic rings. The lowest BCUT2D eigenvalue weighted by atomic mass is 10.0. The van der Waals surface area contributed by atoms with Crippen molar-refractivity contribution in [1.82, 2.24) is 15.5 Å². The van der Waals surface area contributed by atoms with Crippen LogP contribution < -0.4 is 10.6 Å². The third kappa shape index (κ3) is 3.89. The lowest BCUT2D eigenvalue weighted by Crippen LogP contribution is -2.52. The number of nitrogens with one attached hydrogen (secondary N) is 2. The van der Waals surface area contributed by atoms with Gasteiger partial charge in [-0.3, -0.25) is 24.5 Å². The van der Waals surface area contributed by atoms with Crippen molar-refractivity contribution in [2.24, 2.45) is 0 Å². The summed E-state index contributed by atoms with van der Waals surface area (Å²) in [5.74, 6) is -3.12. The standard InChI is InChI=1S/C22H19N3O6/c26-17-9-8-16(20(28)23-17)25-11-14-7-6-13(10-15(14)21(25)29)19(27)24-18(22(30)31)12-4-2-1-3-5-12/h1-7,10,16,18H,8-9,11H2,(H,24,27)(H,30,31)(H,23,26,28)/t16?,18-/m0/s1. The summed E-state index contributed by atoms with van der Waals surface area (Å²) >= 11 is 0. The van der Waals surface area contributed by atoms with E-state index < -0.39 is 35.8 Å². The molecule has 1 unspecified atom stereocenters. The molecule has 158 valence electrons. The molecule has 0 aliphatic carbocycles. The molecule has 2 aromatic carbocycles. The van der Waals surface area contributed by atoms with Crippen molar-refractivity contribution in [2.75, 3.05) is 0 Å². The molecule has 9 nitrogen and oxygen atoms in total. The molecule has 4 rings (SSSR count). The molecule has 0 spiro atoms. The molecule has 2 aliphatic heterocycles. The number of rotatable bonds is 5. The zero-order valence-electron chi connectivity index (χ0n) is 16.3. The van der Waals surface area contributed by atoms with Gasteiger partial charge < -0.3 is 15.3 Å². The lowest BCUT2D eigenvalue weighted by molar-refractivity contribution is -0.139. The molecule has 0 saturated carbocycles. The Balaban J connectivity index is 1.53. The van der Waals surface area contributed by atoms with Crippen LogP contribution in [-0.2, 0) is 20.9 Å². The summed E-state index contributed by atoms with van der Waals surface area (Å²) < 4.78 is 0. The fourth-order valence-corrected chi connectivity index (χ4v) is 3.84. The normalized spacial score (nSPS) is 18.9. The van der Waals surface area contributed by atoms with E-state index in [0.717, 1.165) is 0 Å². The molecule has 0 aromatic heterocycles. The van der Waals surface area contributed by atoms with Crippen molar-refractivity contribution in [1.29, 1.82) is 0 Å². The van der Waals surface area contributed by atoms with Crippen LogP contribution in [0.5, 0.6) is 0 Å². The van der Waals surface area contributed by atoms with Crippen molar-refractivity contribution in [3.63, 3.8) is 0 Å². The number of hydrogen-bond donors (Lipinski definition) is 3. The Labute approximate surface area is 177 Å². The summed E-state index contributed by atoms with van der Waals surface area (Å²) in [5, 5.41) is 14.2. The number of fused-ring (bicyclic) bond motifs is 1. The van der Waals surface area contributed by atoms with Crippen LogP contribution in [0.2, 0.25) is 0 Å². The maximum atomic E-state index is 12.9. The number of amides is 4. The highest BCUT2D eigenvalue weighted by Crippen LogP contribution is 2.28. The first-order valence-electron chi connectivity index (χ1n) is 9.71. The van der Waals surface area contributed by atoms with Gasteiger partial charge in [0, 0.05) is 24.1 Å². The SMILES string of the molecule is O=C1CCC(N2Cc3ccc(C(=O)N[C@H](C(=O)O)c4ccccc4)cc3C2=O)C(=O)N1. The zero-order valence-corrected chi connectivity index (χ0v) is 16.3. The van der Waals surface area contributed by atoms with Crippen molar-refractivity contribution >= 4 is 29.6 Å². The lowest BCUT2D eigenvalue weighted by Gasteiger charge is -2.29. The van der Waals surface area contributed by atoms with Gasteiger partial charge in [0.2, 0.25) is 11.8 Å². The number of nitrogens with zero attached hydrogens (tertiary/aromatic N) is 1. The minimum Gasteiger partial charge on any atom is -0.479 e. The predicted molar refractivity (Wildman–Crippen MR) is 107 cm³/mol. The molecule has 0 radical (unpaired) electrons. The fraction of sp³-hybridized carbons (Fsp3) is 0.227. The second-order valence-corrected chi connectivity index (χ2v) is 7.43. The molecule has 2 atom stereocenters. The summed E-state index contributed by atoms with van der Waals surface area (Å²) in [6, 6.07) is 10.8. The van der Waals surface area contributed by atoms with E-state index in [4.69, 9.17) is 0 Å². The van der Waals surface area contributed by atoms with Crippen molar-refractivity contribution < 1.29 is 29.1 Å². The molecule has 9 heteroatoms. The van der Waals surface area contributed by atoms with E-state index in [0.29, 0.717) is 11.1 Å². The van der Waals surface area contributed by atoms with Crippen molar-refractivity contribution in [2.45, 2.75) is 31.5 Å². The van der Waals surface area contributed by atoms with Crippen LogP contribution in [0.1, 0.15) is 50.7 Å². The van der Waals surface area contributed by atoms with E-state index in [9.17, 15) is 29.1 Å². The molecule has 2 aliphatic rings. The molecule has 1 saturated heterocycles. The topological polar surface area (TPSA) is 133 Å². The van der Waals surface area contributed by atoms with Gasteiger partial charge >= 0.3 is 5.97 Å². The maximum absolute atomic E-state index is 12.9. The Hall–Kier alpha value is -4.01. The maximum Gasteiger partial charge on any atom is 0.330 e. The summed E-state index contributed by atoms with van der Waals surface area (Å²) in [6.45, 7) is 0.199. The molecule has 4 amide bonds. The summed E-state index contributed by atoms with van der Waals surface area (Å²) in [7, 11) is 0. The number of carboxylic acids is 1. The van der Waals surface area contributed by atoms with Gasteiger partial charge in [-0.25, -0.2) is 4.79 Å². The van der Waals surface area contributed by atoms with Gasteiger partial charge in [0.25, 0.3) is 11.8 Å². The van der Waals surface area contributed by atoms with Gasteiger partial charge in [-0.05, 0) is 29.7 Å².